The average Bonchev–Trinajstić information content (AvgIpc) is 2.15. The van der Waals surface area contributed by atoms with E-state index < -0.39 is 12.1 Å². The van der Waals surface area contributed by atoms with Gasteiger partial charge < -0.3 is 15.3 Å². The van der Waals surface area contributed by atoms with Crippen LogP contribution in [0.15, 0.2) is 18.2 Å². The van der Waals surface area contributed by atoms with Gasteiger partial charge in [-0.25, -0.2) is 4.79 Å². The van der Waals surface area contributed by atoms with Crippen molar-refractivity contribution in [2.75, 3.05) is 0 Å². The van der Waals surface area contributed by atoms with Crippen LogP contribution in [-0.2, 0) is 11.2 Å². The van der Waals surface area contributed by atoms with Gasteiger partial charge in [0.1, 0.15) is 5.75 Å². The number of aryl methyl sites for hydroxylation is 1. The van der Waals surface area contributed by atoms with Gasteiger partial charge in [-0.1, -0.05) is 13.0 Å². The Hall–Kier alpha value is -1.55. The van der Waals surface area contributed by atoms with Gasteiger partial charge in [0.25, 0.3) is 0 Å². The zero-order valence-corrected chi connectivity index (χ0v) is 7.77. The van der Waals surface area contributed by atoms with Crippen molar-refractivity contribution in [3.05, 3.63) is 29.3 Å². The molecule has 0 spiro atoms. The van der Waals surface area contributed by atoms with Crippen LogP contribution < -0.4 is 0 Å². The van der Waals surface area contributed by atoms with E-state index in [9.17, 15) is 15.0 Å². The van der Waals surface area contributed by atoms with Gasteiger partial charge in [0, 0.05) is 0 Å². The zero-order chi connectivity index (χ0) is 10.7. The van der Waals surface area contributed by atoms with Crippen LogP contribution in [0.2, 0.25) is 0 Å². The van der Waals surface area contributed by atoms with E-state index in [4.69, 9.17) is 5.11 Å². The Morgan fingerprint density at radius 1 is 1.43 bits per heavy atom. The summed E-state index contributed by atoms with van der Waals surface area (Å²) in [4.78, 5) is 10.5. The van der Waals surface area contributed by atoms with Gasteiger partial charge >= 0.3 is 5.97 Å². The van der Waals surface area contributed by atoms with Crippen molar-refractivity contribution in [1.82, 2.24) is 0 Å². The van der Waals surface area contributed by atoms with E-state index >= 15 is 0 Å². The molecule has 4 nitrogen and oxygen atoms in total. The van der Waals surface area contributed by atoms with Gasteiger partial charge in [0.05, 0.1) is 0 Å². The maximum atomic E-state index is 10.5. The van der Waals surface area contributed by atoms with Gasteiger partial charge in [-0.2, -0.15) is 0 Å². The van der Waals surface area contributed by atoms with E-state index in [-0.39, 0.29) is 11.3 Å². The molecule has 1 aromatic carbocycles. The second-order valence-electron chi connectivity index (χ2n) is 3.03. The number of aliphatic hydroxyl groups is 1. The number of hydrogen-bond donors (Lipinski definition) is 3. The molecule has 0 aliphatic rings. The summed E-state index contributed by atoms with van der Waals surface area (Å²) in [5.74, 6) is -1.35. The first-order valence-electron chi connectivity index (χ1n) is 4.28. The van der Waals surface area contributed by atoms with Crippen LogP contribution in [-0.4, -0.2) is 21.3 Å². The van der Waals surface area contributed by atoms with Crippen LogP contribution in [0.5, 0.6) is 5.75 Å². The first-order chi connectivity index (χ1) is 6.54. The summed E-state index contributed by atoms with van der Waals surface area (Å²) >= 11 is 0. The third-order valence-corrected chi connectivity index (χ3v) is 1.96. The van der Waals surface area contributed by atoms with Gasteiger partial charge in [0.2, 0.25) is 0 Å². The summed E-state index contributed by atoms with van der Waals surface area (Å²) in [5, 5.41) is 27.0. The molecular weight excluding hydrogens is 184 g/mol. The van der Waals surface area contributed by atoms with E-state index in [1.54, 1.807) is 6.07 Å². The van der Waals surface area contributed by atoms with Crippen molar-refractivity contribution in [3.63, 3.8) is 0 Å². The molecule has 0 aliphatic carbocycles. The second-order valence-corrected chi connectivity index (χ2v) is 3.03. The first-order valence-corrected chi connectivity index (χ1v) is 4.28. The number of phenols is 1. The molecule has 3 N–H and O–H groups in total. The number of phenolic OH excluding ortho intramolecular Hbond substituents is 1. The average molecular weight is 196 g/mol. The van der Waals surface area contributed by atoms with Gasteiger partial charge in [-0.3, -0.25) is 0 Å². The number of carboxylic acids is 1. The highest BCUT2D eigenvalue weighted by Crippen LogP contribution is 2.21. The molecule has 1 unspecified atom stereocenters. The summed E-state index contributed by atoms with van der Waals surface area (Å²) in [7, 11) is 0. The highest BCUT2D eigenvalue weighted by molar-refractivity contribution is 5.74. The molecule has 4 heteroatoms. The lowest BCUT2D eigenvalue weighted by Gasteiger charge is -2.08. The van der Waals surface area contributed by atoms with Gasteiger partial charge in [0.15, 0.2) is 6.10 Å². The van der Waals surface area contributed by atoms with E-state index in [1.165, 1.54) is 12.1 Å². The molecule has 1 rings (SSSR count). The predicted molar refractivity (Wildman–Crippen MR) is 50.1 cm³/mol. The highest BCUT2D eigenvalue weighted by Gasteiger charge is 2.16. The monoisotopic (exact) mass is 196 g/mol. The van der Waals surface area contributed by atoms with E-state index in [1.807, 2.05) is 6.92 Å². The normalized spacial score (nSPS) is 12.4. The topological polar surface area (TPSA) is 77.8 Å². The van der Waals surface area contributed by atoms with E-state index in [2.05, 4.69) is 0 Å². The van der Waals surface area contributed by atoms with Crippen LogP contribution in [0.25, 0.3) is 0 Å². The Morgan fingerprint density at radius 3 is 2.57 bits per heavy atom. The van der Waals surface area contributed by atoms with Crippen LogP contribution in [0.3, 0.4) is 0 Å². The minimum absolute atomic E-state index is 0.0281. The van der Waals surface area contributed by atoms with Crippen LogP contribution in [0, 0.1) is 0 Å². The Morgan fingerprint density at radius 2 is 2.07 bits per heavy atom. The molecule has 0 amide bonds. The Balaban J connectivity index is 3.08. The molecule has 0 saturated carbocycles. The largest absolute Gasteiger partial charge is 0.508 e. The maximum Gasteiger partial charge on any atom is 0.337 e. The highest BCUT2D eigenvalue weighted by atomic mass is 16.4. The summed E-state index contributed by atoms with van der Waals surface area (Å²) in [6, 6.07) is 4.36. The van der Waals surface area contributed by atoms with Crippen molar-refractivity contribution in [2.45, 2.75) is 19.4 Å². The lowest BCUT2D eigenvalue weighted by atomic mass is 10.0. The molecular formula is C10H12O4. The second kappa shape index (κ2) is 4.11. The number of aromatic hydroxyl groups is 1. The van der Waals surface area contributed by atoms with Crippen molar-refractivity contribution in [3.8, 4) is 5.75 Å². The Kier molecular flexibility index (Phi) is 3.09. The lowest BCUT2D eigenvalue weighted by molar-refractivity contribution is -0.146. The van der Waals surface area contributed by atoms with Crippen molar-refractivity contribution >= 4 is 5.97 Å². The molecule has 0 heterocycles. The van der Waals surface area contributed by atoms with Crippen LogP contribution >= 0.6 is 0 Å². The molecule has 14 heavy (non-hydrogen) atoms. The molecule has 1 atom stereocenters. The number of aliphatic hydroxyl groups excluding tert-OH is 1. The van der Waals surface area contributed by atoms with E-state index in [0.29, 0.717) is 6.42 Å². The van der Waals surface area contributed by atoms with Crippen molar-refractivity contribution in [2.24, 2.45) is 0 Å². The van der Waals surface area contributed by atoms with E-state index in [0.717, 1.165) is 5.56 Å². The molecule has 0 aromatic heterocycles. The smallest absolute Gasteiger partial charge is 0.337 e. The summed E-state index contributed by atoms with van der Waals surface area (Å²) in [6.07, 6.45) is -0.902. The lowest BCUT2D eigenvalue weighted by Crippen LogP contribution is -2.10. The number of carbonyl (C=O) groups is 1. The molecule has 76 valence electrons. The van der Waals surface area contributed by atoms with Crippen molar-refractivity contribution in [1.29, 1.82) is 0 Å². The molecule has 0 bridgehead atoms. The number of benzene rings is 1. The fourth-order valence-corrected chi connectivity index (χ4v) is 1.20. The number of aliphatic carboxylic acids is 1. The minimum atomic E-state index is -1.58. The third-order valence-electron chi connectivity index (χ3n) is 1.96. The fourth-order valence-electron chi connectivity index (χ4n) is 1.20. The number of carboxylic acid groups (broad SMARTS) is 1. The van der Waals surface area contributed by atoms with Crippen LogP contribution in [0.1, 0.15) is 24.2 Å². The molecule has 0 aliphatic heterocycles. The molecule has 0 fully saturated rings. The van der Waals surface area contributed by atoms with Gasteiger partial charge in [-0.05, 0) is 29.7 Å². The number of hydrogen-bond acceptors (Lipinski definition) is 3. The molecule has 1 aromatic rings. The zero-order valence-electron chi connectivity index (χ0n) is 7.77. The molecule has 0 radical (unpaired) electrons. The Bertz CT molecular complexity index is 346. The third kappa shape index (κ3) is 2.23. The number of rotatable bonds is 3. The maximum absolute atomic E-state index is 10.5. The summed E-state index contributed by atoms with van der Waals surface area (Å²) in [6.45, 7) is 1.88. The summed E-state index contributed by atoms with van der Waals surface area (Å²) in [5.41, 5.74) is 0.995. The minimum Gasteiger partial charge on any atom is -0.508 e. The SMILES string of the molecule is CCc1cc(O)cc(C(O)C(=O)O)c1. The van der Waals surface area contributed by atoms with Gasteiger partial charge in [-0.15, -0.1) is 0 Å². The van der Waals surface area contributed by atoms with Crippen LogP contribution in [0.4, 0.5) is 0 Å². The predicted octanol–water partition coefficient (Wildman–Crippen LogP) is 1.07. The Labute approximate surface area is 81.4 Å². The fraction of sp³-hybridized carbons (Fsp3) is 0.300. The standard InChI is InChI=1S/C10H12O4/c1-2-6-3-7(5-8(11)4-6)9(12)10(13)14/h3-5,9,11-12H,2H2,1H3,(H,13,14). The molecule has 0 saturated heterocycles. The quantitative estimate of drug-likeness (QED) is 0.675. The van der Waals surface area contributed by atoms with Crippen molar-refractivity contribution < 1.29 is 20.1 Å². The summed E-state index contributed by atoms with van der Waals surface area (Å²) < 4.78 is 0. The first kappa shape index (κ1) is 10.5.